The first kappa shape index (κ1) is 13.7. The molecule has 2 heterocycles. The van der Waals surface area contributed by atoms with Crippen molar-refractivity contribution >= 4 is 31.9 Å². The molecule has 2 aromatic rings. The Bertz CT molecular complexity index is 539. The maximum absolute atomic E-state index is 4.45. The molecular formula is C12H14Br2N4. The van der Waals surface area contributed by atoms with Gasteiger partial charge in [-0.25, -0.2) is 0 Å². The maximum Gasteiger partial charge on any atom is 0.0942 e. The lowest BCUT2D eigenvalue weighted by Crippen LogP contribution is -2.23. The molecule has 0 saturated carbocycles. The summed E-state index contributed by atoms with van der Waals surface area (Å²) in [7, 11) is 1.92. The molecule has 0 aliphatic heterocycles. The van der Waals surface area contributed by atoms with E-state index in [9.17, 15) is 0 Å². The van der Waals surface area contributed by atoms with Gasteiger partial charge >= 0.3 is 0 Å². The Morgan fingerprint density at radius 1 is 1.39 bits per heavy atom. The third kappa shape index (κ3) is 2.50. The van der Waals surface area contributed by atoms with Gasteiger partial charge in [-0.05, 0) is 58.0 Å². The van der Waals surface area contributed by atoms with Crippen LogP contribution < -0.4 is 5.32 Å². The SMILES string of the molecule is CCn1ncc(Br)c1C(NC)c1ncccc1Br. The summed E-state index contributed by atoms with van der Waals surface area (Å²) in [5.74, 6) is 0. The second-order valence-electron chi connectivity index (χ2n) is 3.79. The van der Waals surface area contributed by atoms with Crippen LogP contribution in [0.25, 0.3) is 0 Å². The van der Waals surface area contributed by atoms with Gasteiger partial charge in [-0.2, -0.15) is 5.10 Å². The number of hydrogen-bond donors (Lipinski definition) is 1. The standard InChI is InChI=1S/C12H14Br2N4/c1-3-18-12(9(14)7-17-18)11(15-2)10-8(13)5-4-6-16-10/h4-7,11,15H,3H2,1-2H3. The molecule has 1 unspecified atom stereocenters. The molecule has 96 valence electrons. The molecule has 0 spiro atoms. The van der Waals surface area contributed by atoms with Crippen molar-refractivity contribution in [3.8, 4) is 0 Å². The summed E-state index contributed by atoms with van der Waals surface area (Å²) in [6.45, 7) is 2.90. The number of rotatable bonds is 4. The number of hydrogen-bond acceptors (Lipinski definition) is 3. The Hall–Kier alpha value is -0.720. The second kappa shape index (κ2) is 5.95. The fourth-order valence-corrected chi connectivity index (χ4v) is 2.93. The molecule has 0 aromatic carbocycles. The van der Waals surface area contributed by atoms with E-state index in [0.717, 1.165) is 26.9 Å². The van der Waals surface area contributed by atoms with Crippen LogP contribution in [-0.2, 0) is 6.54 Å². The van der Waals surface area contributed by atoms with E-state index >= 15 is 0 Å². The van der Waals surface area contributed by atoms with Crippen molar-refractivity contribution in [3.05, 3.63) is 44.9 Å². The highest BCUT2D eigenvalue weighted by molar-refractivity contribution is 9.10. The molecule has 0 aliphatic rings. The van der Waals surface area contributed by atoms with E-state index in [2.05, 4.69) is 54.2 Å². The normalized spacial score (nSPS) is 12.7. The monoisotopic (exact) mass is 372 g/mol. The molecule has 0 fully saturated rings. The van der Waals surface area contributed by atoms with E-state index in [1.165, 1.54) is 0 Å². The van der Waals surface area contributed by atoms with Gasteiger partial charge in [-0.1, -0.05) is 0 Å². The van der Waals surface area contributed by atoms with Crippen molar-refractivity contribution in [1.29, 1.82) is 0 Å². The van der Waals surface area contributed by atoms with Gasteiger partial charge in [0.25, 0.3) is 0 Å². The lowest BCUT2D eigenvalue weighted by Gasteiger charge is -2.18. The number of aromatic nitrogens is 3. The van der Waals surface area contributed by atoms with Crippen molar-refractivity contribution in [2.24, 2.45) is 0 Å². The van der Waals surface area contributed by atoms with Gasteiger partial charge < -0.3 is 5.32 Å². The fraction of sp³-hybridized carbons (Fsp3) is 0.333. The fourth-order valence-electron chi connectivity index (χ4n) is 1.92. The third-order valence-corrected chi connectivity index (χ3v) is 4.04. The van der Waals surface area contributed by atoms with Crippen LogP contribution in [0.3, 0.4) is 0 Å². The zero-order valence-corrected chi connectivity index (χ0v) is 13.4. The zero-order chi connectivity index (χ0) is 13.1. The van der Waals surface area contributed by atoms with E-state index < -0.39 is 0 Å². The first-order chi connectivity index (χ1) is 8.69. The molecule has 0 amide bonds. The highest BCUT2D eigenvalue weighted by Gasteiger charge is 2.22. The number of halogens is 2. The highest BCUT2D eigenvalue weighted by atomic mass is 79.9. The highest BCUT2D eigenvalue weighted by Crippen LogP contribution is 2.30. The van der Waals surface area contributed by atoms with E-state index in [1.54, 1.807) is 6.20 Å². The van der Waals surface area contributed by atoms with Crippen LogP contribution in [-0.4, -0.2) is 21.8 Å². The van der Waals surface area contributed by atoms with Gasteiger partial charge in [0.2, 0.25) is 0 Å². The molecule has 2 aromatic heterocycles. The van der Waals surface area contributed by atoms with Crippen molar-refractivity contribution in [2.75, 3.05) is 7.05 Å². The van der Waals surface area contributed by atoms with E-state index in [0.29, 0.717) is 0 Å². The van der Waals surface area contributed by atoms with Crippen molar-refractivity contribution in [1.82, 2.24) is 20.1 Å². The van der Waals surface area contributed by atoms with Gasteiger partial charge in [-0.15, -0.1) is 0 Å². The molecule has 0 radical (unpaired) electrons. The van der Waals surface area contributed by atoms with Crippen LogP contribution in [0.2, 0.25) is 0 Å². The molecule has 6 heteroatoms. The largest absolute Gasteiger partial charge is 0.307 e. The topological polar surface area (TPSA) is 42.7 Å². The van der Waals surface area contributed by atoms with Crippen molar-refractivity contribution in [2.45, 2.75) is 19.5 Å². The third-order valence-electron chi connectivity index (χ3n) is 2.76. The predicted octanol–water partition coefficient (Wildman–Crippen LogP) is 3.13. The lowest BCUT2D eigenvalue weighted by atomic mass is 10.1. The van der Waals surface area contributed by atoms with Crippen LogP contribution >= 0.6 is 31.9 Å². The summed E-state index contributed by atoms with van der Waals surface area (Å²) in [6, 6.07) is 3.90. The van der Waals surface area contributed by atoms with Crippen LogP contribution in [0.15, 0.2) is 33.5 Å². The first-order valence-electron chi connectivity index (χ1n) is 5.67. The Labute approximate surface area is 123 Å². The average Bonchev–Trinajstić information content (AvgIpc) is 2.74. The molecule has 0 aliphatic carbocycles. The summed E-state index contributed by atoms with van der Waals surface area (Å²) in [5.41, 5.74) is 2.04. The van der Waals surface area contributed by atoms with Crippen LogP contribution in [0.1, 0.15) is 24.4 Å². The summed E-state index contributed by atoms with van der Waals surface area (Å²) >= 11 is 7.10. The smallest absolute Gasteiger partial charge is 0.0942 e. The van der Waals surface area contributed by atoms with E-state index in [1.807, 2.05) is 30.1 Å². The quantitative estimate of drug-likeness (QED) is 0.895. The van der Waals surface area contributed by atoms with Gasteiger partial charge in [0.05, 0.1) is 28.1 Å². The molecule has 4 nitrogen and oxygen atoms in total. The van der Waals surface area contributed by atoms with Crippen molar-refractivity contribution < 1.29 is 0 Å². The number of nitrogens with zero attached hydrogens (tertiary/aromatic N) is 3. The molecule has 1 atom stereocenters. The Kier molecular flexibility index (Phi) is 4.53. The minimum absolute atomic E-state index is 0.00241. The molecular weight excluding hydrogens is 360 g/mol. The number of aryl methyl sites for hydroxylation is 1. The zero-order valence-electron chi connectivity index (χ0n) is 10.2. The molecule has 0 saturated heterocycles. The minimum atomic E-state index is -0.00241. The van der Waals surface area contributed by atoms with Crippen LogP contribution in [0, 0.1) is 0 Å². The Balaban J connectivity index is 2.52. The van der Waals surface area contributed by atoms with Crippen LogP contribution in [0.4, 0.5) is 0 Å². The van der Waals surface area contributed by atoms with Gasteiger partial charge in [-0.3, -0.25) is 9.67 Å². The van der Waals surface area contributed by atoms with E-state index in [4.69, 9.17) is 0 Å². The Morgan fingerprint density at radius 3 is 2.78 bits per heavy atom. The average molecular weight is 374 g/mol. The summed E-state index contributed by atoms with van der Waals surface area (Å²) < 4.78 is 3.94. The van der Waals surface area contributed by atoms with Gasteiger partial charge in [0, 0.05) is 17.2 Å². The van der Waals surface area contributed by atoms with Gasteiger partial charge in [0.15, 0.2) is 0 Å². The van der Waals surface area contributed by atoms with Crippen molar-refractivity contribution in [3.63, 3.8) is 0 Å². The van der Waals surface area contributed by atoms with E-state index in [-0.39, 0.29) is 6.04 Å². The molecule has 2 rings (SSSR count). The lowest BCUT2D eigenvalue weighted by molar-refractivity contribution is 0.553. The van der Waals surface area contributed by atoms with Crippen LogP contribution in [0.5, 0.6) is 0 Å². The maximum atomic E-state index is 4.45. The van der Waals surface area contributed by atoms with Gasteiger partial charge in [0.1, 0.15) is 0 Å². The summed E-state index contributed by atoms with van der Waals surface area (Å²) in [5, 5.41) is 7.64. The molecule has 1 N–H and O–H groups in total. The number of pyridine rings is 1. The minimum Gasteiger partial charge on any atom is -0.307 e. The molecule has 18 heavy (non-hydrogen) atoms. The first-order valence-corrected chi connectivity index (χ1v) is 7.26. The summed E-state index contributed by atoms with van der Waals surface area (Å²) in [6.07, 6.45) is 3.62. The Morgan fingerprint density at radius 2 is 2.17 bits per heavy atom. The number of nitrogens with one attached hydrogen (secondary N) is 1. The second-order valence-corrected chi connectivity index (χ2v) is 5.49. The molecule has 0 bridgehead atoms. The predicted molar refractivity (Wildman–Crippen MR) is 78.4 cm³/mol. The summed E-state index contributed by atoms with van der Waals surface area (Å²) in [4.78, 5) is 4.45.